The van der Waals surface area contributed by atoms with E-state index in [0.717, 1.165) is 18.7 Å². The lowest BCUT2D eigenvalue weighted by Gasteiger charge is -2.10. The molecular weight excluding hydrogens is 287 g/mol. The Hall–Kier alpha value is -0.880. The molecule has 0 aliphatic rings. The zero-order valence-electron chi connectivity index (χ0n) is 11.7. The minimum absolute atomic E-state index is 0.0487. The van der Waals surface area contributed by atoms with Gasteiger partial charge in [-0.05, 0) is 41.9 Å². The van der Waals surface area contributed by atoms with Gasteiger partial charge in [0.1, 0.15) is 5.75 Å². The summed E-state index contributed by atoms with van der Waals surface area (Å²) in [6.45, 7) is 5.96. The van der Waals surface area contributed by atoms with Gasteiger partial charge in [0.2, 0.25) is 0 Å². The maximum atomic E-state index is 11.9. The molecule has 1 N–H and O–H groups in total. The van der Waals surface area contributed by atoms with Crippen LogP contribution in [0.2, 0.25) is 0 Å². The predicted molar refractivity (Wildman–Crippen MR) is 77.0 cm³/mol. The monoisotopic (exact) mass is 307 g/mol. The Bertz CT molecular complexity index is 396. The van der Waals surface area contributed by atoms with E-state index in [1.165, 1.54) is 0 Å². The molecule has 6 heteroatoms. The van der Waals surface area contributed by atoms with E-state index in [9.17, 15) is 13.2 Å². The fraction of sp³-hybridized carbons (Fsp3) is 0.571. The number of hydrogen-bond donors (Lipinski definition) is 1. The summed E-state index contributed by atoms with van der Waals surface area (Å²) in [6, 6.07) is 7.42. The van der Waals surface area contributed by atoms with Crippen molar-refractivity contribution >= 4 is 11.8 Å². The van der Waals surface area contributed by atoms with E-state index in [1.807, 2.05) is 18.2 Å². The summed E-state index contributed by atoms with van der Waals surface area (Å²) in [5, 5.41) is 3.31. The number of nitrogens with one attached hydrogen (secondary N) is 1. The van der Waals surface area contributed by atoms with Crippen LogP contribution < -0.4 is 10.1 Å². The van der Waals surface area contributed by atoms with Crippen LogP contribution in [0.1, 0.15) is 19.4 Å². The summed E-state index contributed by atoms with van der Waals surface area (Å²) in [4.78, 5) is 0. The Kier molecular flexibility index (Phi) is 7.23. The maximum Gasteiger partial charge on any atom is 0.441 e. The summed E-state index contributed by atoms with van der Waals surface area (Å²) in [6.07, 6.45) is 0. The van der Waals surface area contributed by atoms with Gasteiger partial charge < -0.3 is 10.1 Å². The van der Waals surface area contributed by atoms with Crippen molar-refractivity contribution < 1.29 is 17.9 Å². The van der Waals surface area contributed by atoms with Crippen LogP contribution in [-0.2, 0) is 6.54 Å². The second kappa shape index (κ2) is 8.42. The van der Waals surface area contributed by atoms with E-state index in [2.05, 4.69) is 19.2 Å². The van der Waals surface area contributed by atoms with Gasteiger partial charge in [-0.3, -0.25) is 0 Å². The largest absolute Gasteiger partial charge is 0.493 e. The average molecular weight is 307 g/mol. The van der Waals surface area contributed by atoms with Crippen molar-refractivity contribution in [3.8, 4) is 5.75 Å². The number of benzene rings is 1. The van der Waals surface area contributed by atoms with Crippen molar-refractivity contribution in [1.29, 1.82) is 0 Å². The highest BCUT2D eigenvalue weighted by Gasteiger charge is 2.27. The standard InChI is InChI=1S/C14H20F3NOS/c1-11(2)9-18-10-12-4-3-5-13(8-12)19-6-7-20-14(15,16)17/h3-5,8,11,18H,6-7,9-10H2,1-2H3. The number of ether oxygens (including phenoxy) is 1. The number of hydrogen-bond acceptors (Lipinski definition) is 3. The zero-order valence-corrected chi connectivity index (χ0v) is 12.5. The number of halogens is 3. The first-order valence-electron chi connectivity index (χ1n) is 6.50. The molecule has 0 bridgehead atoms. The van der Waals surface area contributed by atoms with Crippen LogP contribution in [0.4, 0.5) is 13.2 Å². The quantitative estimate of drug-likeness (QED) is 0.732. The molecule has 0 saturated heterocycles. The molecule has 1 rings (SSSR count). The first kappa shape index (κ1) is 17.2. The molecule has 0 aliphatic carbocycles. The van der Waals surface area contributed by atoms with Crippen LogP contribution in [0.15, 0.2) is 24.3 Å². The fourth-order valence-corrected chi connectivity index (χ4v) is 1.97. The molecule has 0 aromatic heterocycles. The molecule has 0 atom stereocenters. The highest BCUT2D eigenvalue weighted by molar-refractivity contribution is 8.00. The number of rotatable bonds is 8. The van der Waals surface area contributed by atoms with Gasteiger partial charge in [-0.1, -0.05) is 26.0 Å². The lowest BCUT2D eigenvalue weighted by molar-refractivity contribution is -0.0329. The zero-order chi connectivity index (χ0) is 15.0. The van der Waals surface area contributed by atoms with Crippen molar-refractivity contribution in [3.63, 3.8) is 0 Å². The summed E-state index contributed by atoms with van der Waals surface area (Å²) in [5.41, 5.74) is -3.13. The Morgan fingerprint density at radius 2 is 2.05 bits per heavy atom. The molecule has 0 spiro atoms. The molecule has 1 aromatic carbocycles. The molecule has 0 unspecified atom stereocenters. The normalized spacial score (nSPS) is 11.9. The number of thioether (sulfide) groups is 1. The highest BCUT2D eigenvalue weighted by Crippen LogP contribution is 2.29. The van der Waals surface area contributed by atoms with Crippen LogP contribution in [0.25, 0.3) is 0 Å². The first-order chi connectivity index (χ1) is 9.37. The van der Waals surface area contributed by atoms with Gasteiger partial charge >= 0.3 is 5.51 Å². The van der Waals surface area contributed by atoms with Gasteiger partial charge in [-0.2, -0.15) is 13.2 Å². The van der Waals surface area contributed by atoms with Gasteiger partial charge in [0, 0.05) is 12.3 Å². The summed E-state index contributed by atoms with van der Waals surface area (Å²) in [5.74, 6) is 1.09. The van der Waals surface area contributed by atoms with Crippen molar-refractivity contribution in [1.82, 2.24) is 5.32 Å². The van der Waals surface area contributed by atoms with Crippen molar-refractivity contribution in [2.24, 2.45) is 5.92 Å². The smallest absolute Gasteiger partial charge is 0.441 e. The van der Waals surface area contributed by atoms with E-state index in [-0.39, 0.29) is 24.1 Å². The molecule has 0 radical (unpaired) electrons. The van der Waals surface area contributed by atoms with Gasteiger partial charge in [-0.25, -0.2) is 0 Å². The second-order valence-corrected chi connectivity index (χ2v) is 5.97. The molecule has 1 aromatic rings. The molecule has 114 valence electrons. The second-order valence-electron chi connectivity index (χ2n) is 4.81. The fourth-order valence-electron chi connectivity index (χ4n) is 1.57. The Balaban J connectivity index is 2.32. The molecule has 0 aliphatic heterocycles. The van der Waals surface area contributed by atoms with Gasteiger partial charge in [-0.15, -0.1) is 0 Å². The SMILES string of the molecule is CC(C)CNCc1cccc(OCCSC(F)(F)F)c1. The molecule has 0 heterocycles. The van der Waals surface area contributed by atoms with Gasteiger partial charge in [0.05, 0.1) is 6.61 Å². The highest BCUT2D eigenvalue weighted by atomic mass is 32.2. The minimum Gasteiger partial charge on any atom is -0.493 e. The lowest BCUT2D eigenvalue weighted by Crippen LogP contribution is -2.18. The van der Waals surface area contributed by atoms with Crippen molar-refractivity contribution in [3.05, 3.63) is 29.8 Å². The third-order valence-electron chi connectivity index (χ3n) is 2.40. The minimum atomic E-state index is -4.19. The Labute approximate surface area is 122 Å². The van der Waals surface area contributed by atoms with Crippen LogP contribution in [-0.4, -0.2) is 24.4 Å². The molecule has 2 nitrogen and oxygen atoms in total. The van der Waals surface area contributed by atoms with Crippen LogP contribution in [0.3, 0.4) is 0 Å². The van der Waals surface area contributed by atoms with Crippen LogP contribution >= 0.6 is 11.8 Å². The summed E-state index contributed by atoms with van der Waals surface area (Å²) >= 11 is -0.0633. The lowest BCUT2D eigenvalue weighted by atomic mass is 10.2. The van der Waals surface area contributed by atoms with E-state index >= 15 is 0 Å². The molecule has 0 fully saturated rings. The average Bonchev–Trinajstić information content (AvgIpc) is 2.34. The van der Waals surface area contributed by atoms with E-state index in [1.54, 1.807) is 6.07 Å². The third kappa shape index (κ3) is 8.32. The topological polar surface area (TPSA) is 21.3 Å². The van der Waals surface area contributed by atoms with Gasteiger partial charge in [0.25, 0.3) is 0 Å². The first-order valence-corrected chi connectivity index (χ1v) is 7.48. The van der Waals surface area contributed by atoms with Crippen LogP contribution in [0.5, 0.6) is 5.75 Å². The third-order valence-corrected chi connectivity index (χ3v) is 3.10. The molecule has 20 heavy (non-hydrogen) atoms. The summed E-state index contributed by atoms with van der Waals surface area (Å²) in [7, 11) is 0. The van der Waals surface area contributed by atoms with Gasteiger partial charge in [0.15, 0.2) is 0 Å². The Morgan fingerprint density at radius 3 is 2.70 bits per heavy atom. The summed E-state index contributed by atoms with van der Waals surface area (Å²) < 4.78 is 41.2. The maximum absolute atomic E-state index is 11.9. The van der Waals surface area contributed by atoms with Crippen molar-refractivity contribution in [2.45, 2.75) is 25.9 Å². The molecular formula is C14H20F3NOS. The van der Waals surface area contributed by atoms with E-state index in [0.29, 0.717) is 11.7 Å². The Morgan fingerprint density at radius 1 is 1.30 bits per heavy atom. The van der Waals surface area contributed by atoms with Crippen molar-refractivity contribution in [2.75, 3.05) is 18.9 Å². The predicted octanol–water partition coefficient (Wildman–Crippen LogP) is 4.06. The van der Waals surface area contributed by atoms with E-state index in [4.69, 9.17) is 4.74 Å². The number of alkyl halides is 3. The van der Waals surface area contributed by atoms with E-state index < -0.39 is 5.51 Å². The molecule has 0 saturated carbocycles. The molecule has 0 amide bonds. The van der Waals surface area contributed by atoms with Crippen LogP contribution in [0, 0.1) is 5.92 Å².